The lowest BCUT2D eigenvalue weighted by molar-refractivity contribution is 0.0698. The smallest absolute Gasteiger partial charge is 0.337 e. The molecule has 0 aliphatic rings. The quantitative estimate of drug-likeness (QED) is 0.844. The number of hydrogen-bond acceptors (Lipinski definition) is 3. The third kappa shape index (κ3) is 3.31. The van der Waals surface area contributed by atoms with Crippen LogP contribution in [0.5, 0.6) is 0 Å². The van der Waals surface area contributed by atoms with Crippen LogP contribution >= 0.6 is 15.9 Å². The molecule has 116 valence electrons. The number of para-hydroxylation sites is 1. The first kappa shape index (κ1) is 16.5. The second kappa shape index (κ2) is 6.10. The Balaban J connectivity index is 2.50. The summed E-state index contributed by atoms with van der Waals surface area (Å²) in [6, 6.07) is 9.14. The number of halogens is 1. The molecular formula is C15H14BrNO4S. The van der Waals surface area contributed by atoms with Gasteiger partial charge in [-0.3, -0.25) is 4.72 Å². The fourth-order valence-corrected chi connectivity index (χ4v) is 3.85. The fourth-order valence-electron chi connectivity index (χ4n) is 2.00. The molecule has 0 saturated heterocycles. The van der Waals surface area contributed by atoms with Crippen LogP contribution in [0.2, 0.25) is 0 Å². The molecule has 0 atom stereocenters. The van der Waals surface area contributed by atoms with Gasteiger partial charge < -0.3 is 5.11 Å². The Labute approximate surface area is 137 Å². The minimum atomic E-state index is -3.87. The van der Waals surface area contributed by atoms with Crippen molar-refractivity contribution in [2.75, 3.05) is 4.72 Å². The lowest BCUT2D eigenvalue weighted by Gasteiger charge is -2.13. The summed E-state index contributed by atoms with van der Waals surface area (Å²) < 4.78 is 28.2. The zero-order chi connectivity index (χ0) is 16.5. The first-order chi connectivity index (χ1) is 10.2. The summed E-state index contributed by atoms with van der Waals surface area (Å²) in [4.78, 5) is 11.3. The van der Waals surface area contributed by atoms with Crippen LogP contribution < -0.4 is 4.72 Å². The summed E-state index contributed by atoms with van der Waals surface area (Å²) >= 11 is 3.35. The van der Waals surface area contributed by atoms with Gasteiger partial charge in [0.15, 0.2) is 0 Å². The average Bonchev–Trinajstić information content (AvgIpc) is 2.42. The van der Waals surface area contributed by atoms with E-state index in [-0.39, 0.29) is 16.1 Å². The Hall–Kier alpha value is -1.86. The van der Waals surface area contributed by atoms with Crippen LogP contribution in [-0.2, 0) is 10.0 Å². The van der Waals surface area contributed by atoms with E-state index in [9.17, 15) is 13.2 Å². The number of carbonyl (C=O) groups is 1. The second-order valence-electron chi connectivity index (χ2n) is 4.82. The van der Waals surface area contributed by atoms with Gasteiger partial charge in [0.25, 0.3) is 10.0 Å². The van der Waals surface area contributed by atoms with E-state index >= 15 is 0 Å². The van der Waals surface area contributed by atoms with Crippen LogP contribution in [0.25, 0.3) is 0 Å². The van der Waals surface area contributed by atoms with Crippen molar-refractivity contribution in [3.63, 3.8) is 0 Å². The Morgan fingerprint density at radius 3 is 2.41 bits per heavy atom. The molecule has 0 amide bonds. The van der Waals surface area contributed by atoms with Crippen LogP contribution in [0.4, 0.5) is 5.69 Å². The molecule has 2 aromatic rings. The molecule has 0 unspecified atom stereocenters. The molecule has 0 aromatic heterocycles. The predicted molar refractivity (Wildman–Crippen MR) is 87.8 cm³/mol. The minimum absolute atomic E-state index is 0.0370. The highest BCUT2D eigenvalue weighted by Gasteiger charge is 2.20. The van der Waals surface area contributed by atoms with Crippen LogP contribution in [0.3, 0.4) is 0 Å². The lowest BCUT2D eigenvalue weighted by atomic mass is 10.2. The number of nitrogens with one attached hydrogen (secondary N) is 1. The average molecular weight is 384 g/mol. The van der Waals surface area contributed by atoms with E-state index in [2.05, 4.69) is 20.7 Å². The number of carboxylic acid groups (broad SMARTS) is 1. The van der Waals surface area contributed by atoms with Crippen LogP contribution in [0.15, 0.2) is 45.8 Å². The van der Waals surface area contributed by atoms with Gasteiger partial charge in [0.1, 0.15) is 0 Å². The van der Waals surface area contributed by atoms with Gasteiger partial charge in [-0.05, 0) is 49.2 Å². The molecule has 0 aliphatic carbocycles. The highest BCUT2D eigenvalue weighted by molar-refractivity contribution is 9.10. The predicted octanol–water partition coefficient (Wildman–Crippen LogP) is 3.56. The van der Waals surface area contributed by atoms with Crippen molar-refractivity contribution in [3.05, 3.63) is 57.6 Å². The number of aromatic carboxylic acids is 1. The molecule has 0 spiro atoms. The van der Waals surface area contributed by atoms with Gasteiger partial charge in [0.2, 0.25) is 0 Å². The van der Waals surface area contributed by atoms with Crippen molar-refractivity contribution in [3.8, 4) is 0 Å². The maximum Gasteiger partial charge on any atom is 0.337 e. The van der Waals surface area contributed by atoms with Crippen molar-refractivity contribution >= 4 is 37.6 Å². The molecular weight excluding hydrogens is 370 g/mol. The van der Waals surface area contributed by atoms with Crippen LogP contribution in [-0.4, -0.2) is 19.5 Å². The van der Waals surface area contributed by atoms with E-state index in [1.165, 1.54) is 18.2 Å². The summed E-state index contributed by atoms with van der Waals surface area (Å²) in [5, 5.41) is 9.13. The number of rotatable bonds is 4. The van der Waals surface area contributed by atoms with Gasteiger partial charge in [0.05, 0.1) is 16.1 Å². The van der Waals surface area contributed by atoms with Crippen LogP contribution in [0, 0.1) is 13.8 Å². The summed E-state index contributed by atoms with van der Waals surface area (Å²) in [6.45, 7) is 3.47. The molecule has 2 aromatic carbocycles. The molecule has 0 fully saturated rings. The van der Waals surface area contributed by atoms with Gasteiger partial charge in [-0.2, -0.15) is 0 Å². The molecule has 2 rings (SSSR count). The Bertz CT molecular complexity index is 847. The number of hydrogen-bond donors (Lipinski definition) is 2. The zero-order valence-electron chi connectivity index (χ0n) is 11.9. The van der Waals surface area contributed by atoms with Crippen LogP contribution in [0.1, 0.15) is 21.5 Å². The molecule has 0 heterocycles. The van der Waals surface area contributed by atoms with Gasteiger partial charge >= 0.3 is 5.97 Å². The third-order valence-corrected chi connectivity index (χ3v) is 5.51. The largest absolute Gasteiger partial charge is 0.478 e. The number of aryl methyl sites for hydroxylation is 2. The monoisotopic (exact) mass is 383 g/mol. The highest BCUT2D eigenvalue weighted by Crippen LogP contribution is 2.26. The first-order valence-electron chi connectivity index (χ1n) is 6.34. The Morgan fingerprint density at radius 1 is 1.14 bits per heavy atom. The number of carboxylic acids is 1. The Kier molecular flexibility index (Phi) is 4.58. The van der Waals surface area contributed by atoms with Gasteiger partial charge in [-0.25, -0.2) is 13.2 Å². The summed E-state index contributed by atoms with van der Waals surface area (Å²) in [5.41, 5.74) is 1.28. The molecule has 2 N–H and O–H groups in total. The highest BCUT2D eigenvalue weighted by atomic mass is 79.9. The molecule has 0 saturated carbocycles. The van der Waals surface area contributed by atoms with E-state index in [1.54, 1.807) is 32.0 Å². The molecule has 7 heteroatoms. The normalized spacial score (nSPS) is 11.2. The lowest BCUT2D eigenvalue weighted by Crippen LogP contribution is -2.16. The van der Waals surface area contributed by atoms with E-state index in [0.29, 0.717) is 5.56 Å². The van der Waals surface area contributed by atoms with Crippen molar-refractivity contribution in [2.24, 2.45) is 0 Å². The summed E-state index contributed by atoms with van der Waals surface area (Å²) in [5.74, 6) is -1.19. The van der Waals surface area contributed by atoms with Gasteiger partial charge in [-0.1, -0.05) is 28.1 Å². The maximum atomic E-state index is 12.5. The molecule has 0 bridgehead atoms. The Morgan fingerprint density at radius 2 is 1.77 bits per heavy atom. The van der Waals surface area contributed by atoms with Gasteiger partial charge in [0, 0.05) is 4.47 Å². The SMILES string of the molecule is Cc1cc(S(=O)(=O)Nc2ccccc2C(=O)O)c(C)cc1Br. The van der Waals surface area contributed by atoms with E-state index in [0.717, 1.165) is 10.0 Å². The van der Waals surface area contributed by atoms with E-state index in [1.807, 2.05) is 0 Å². The molecule has 0 aliphatic heterocycles. The topological polar surface area (TPSA) is 83.5 Å². The number of anilines is 1. The fraction of sp³-hybridized carbons (Fsp3) is 0.133. The third-order valence-electron chi connectivity index (χ3n) is 3.15. The zero-order valence-corrected chi connectivity index (χ0v) is 14.3. The number of sulfonamides is 1. The van der Waals surface area contributed by atoms with Crippen molar-refractivity contribution in [2.45, 2.75) is 18.7 Å². The second-order valence-corrected chi connectivity index (χ2v) is 7.33. The van der Waals surface area contributed by atoms with Crippen molar-refractivity contribution in [1.82, 2.24) is 0 Å². The number of benzene rings is 2. The molecule has 22 heavy (non-hydrogen) atoms. The summed E-state index contributed by atoms with van der Waals surface area (Å²) in [6.07, 6.45) is 0. The molecule has 0 radical (unpaired) electrons. The van der Waals surface area contributed by atoms with Crippen molar-refractivity contribution < 1.29 is 18.3 Å². The standard InChI is InChI=1S/C15H14BrNO4S/c1-9-8-14(10(2)7-12(9)16)22(20,21)17-13-6-4-3-5-11(13)15(18)19/h3-8,17H,1-2H3,(H,18,19). The van der Waals surface area contributed by atoms with E-state index < -0.39 is 16.0 Å². The summed E-state index contributed by atoms with van der Waals surface area (Å²) in [7, 11) is -3.87. The van der Waals surface area contributed by atoms with E-state index in [4.69, 9.17) is 5.11 Å². The maximum absolute atomic E-state index is 12.5. The first-order valence-corrected chi connectivity index (χ1v) is 8.62. The van der Waals surface area contributed by atoms with Crippen molar-refractivity contribution in [1.29, 1.82) is 0 Å². The minimum Gasteiger partial charge on any atom is -0.478 e. The van der Waals surface area contributed by atoms with Gasteiger partial charge in [-0.15, -0.1) is 0 Å². The molecule has 5 nitrogen and oxygen atoms in total.